The van der Waals surface area contributed by atoms with Gasteiger partial charge in [-0.2, -0.15) is 5.10 Å². The molecular weight excluding hydrogens is 479 g/mol. The molecule has 0 radical (unpaired) electrons. The van der Waals surface area contributed by atoms with Crippen molar-refractivity contribution in [1.82, 2.24) is 5.01 Å². The molecular formula is C25H22ClFN2O4S. The molecule has 0 saturated heterocycles. The predicted molar refractivity (Wildman–Crippen MR) is 128 cm³/mol. The summed E-state index contributed by atoms with van der Waals surface area (Å²) in [5, 5.41) is 6.40. The first-order valence-electron chi connectivity index (χ1n) is 10.5. The maximum Gasteiger partial charge on any atom is 0.240 e. The van der Waals surface area contributed by atoms with Crippen LogP contribution in [0.5, 0.6) is 5.75 Å². The average molecular weight is 501 g/mol. The van der Waals surface area contributed by atoms with Crippen molar-refractivity contribution < 1.29 is 22.3 Å². The van der Waals surface area contributed by atoms with Crippen LogP contribution >= 0.6 is 11.6 Å². The number of halogens is 2. The monoisotopic (exact) mass is 500 g/mol. The van der Waals surface area contributed by atoms with E-state index >= 15 is 0 Å². The fraction of sp³-hybridized carbons (Fsp3) is 0.200. The number of hydrazone groups is 1. The summed E-state index contributed by atoms with van der Waals surface area (Å²) in [6.07, 6.45) is 0.482. The quantitative estimate of drug-likeness (QED) is 0.438. The van der Waals surface area contributed by atoms with Gasteiger partial charge in [-0.15, -0.1) is 0 Å². The third-order valence-electron chi connectivity index (χ3n) is 5.61. The van der Waals surface area contributed by atoms with Crippen LogP contribution in [0.4, 0.5) is 4.39 Å². The van der Waals surface area contributed by atoms with Crippen LogP contribution in [-0.2, 0) is 20.4 Å². The summed E-state index contributed by atoms with van der Waals surface area (Å²) in [7, 11) is -2.07. The summed E-state index contributed by atoms with van der Waals surface area (Å²) < 4.78 is 43.6. The lowest BCUT2D eigenvalue weighted by molar-refractivity contribution is -0.130. The molecule has 0 bridgehead atoms. The van der Waals surface area contributed by atoms with Crippen LogP contribution in [0.3, 0.4) is 0 Å². The summed E-state index contributed by atoms with van der Waals surface area (Å²) in [5.74, 6) is -0.354. The third kappa shape index (κ3) is 4.98. The minimum absolute atomic E-state index is 0.0660. The SMILES string of the molecule is COc1ccc(C2CC(c3ccc(CS(=O)(=O)c4ccc(F)cc4)cc3)=NN2C(C)=O)cc1Cl. The Morgan fingerprint density at radius 3 is 2.38 bits per heavy atom. The van der Waals surface area contributed by atoms with Gasteiger partial charge in [0.2, 0.25) is 5.91 Å². The number of hydrogen-bond donors (Lipinski definition) is 0. The first-order valence-corrected chi connectivity index (χ1v) is 12.5. The Morgan fingerprint density at radius 2 is 1.79 bits per heavy atom. The zero-order valence-electron chi connectivity index (χ0n) is 18.5. The Balaban J connectivity index is 1.54. The third-order valence-corrected chi connectivity index (χ3v) is 7.61. The highest BCUT2D eigenvalue weighted by atomic mass is 35.5. The van der Waals surface area contributed by atoms with Crippen molar-refractivity contribution in [2.75, 3.05) is 7.11 Å². The number of ether oxygens (including phenoxy) is 1. The van der Waals surface area contributed by atoms with Gasteiger partial charge >= 0.3 is 0 Å². The molecule has 1 heterocycles. The topological polar surface area (TPSA) is 76.0 Å². The van der Waals surface area contributed by atoms with Crippen LogP contribution in [-0.4, -0.2) is 32.2 Å². The summed E-state index contributed by atoms with van der Waals surface area (Å²) in [5.41, 5.74) is 2.92. The van der Waals surface area contributed by atoms with E-state index in [0.717, 1.165) is 23.3 Å². The summed E-state index contributed by atoms with van der Waals surface area (Å²) in [6.45, 7) is 1.45. The van der Waals surface area contributed by atoms with Gasteiger partial charge in [0, 0.05) is 13.3 Å². The molecule has 6 nitrogen and oxygen atoms in total. The predicted octanol–water partition coefficient (Wildman–Crippen LogP) is 5.16. The molecule has 0 N–H and O–H groups in total. The van der Waals surface area contributed by atoms with Gasteiger partial charge < -0.3 is 4.74 Å². The van der Waals surface area contributed by atoms with E-state index in [1.807, 2.05) is 6.07 Å². The highest BCUT2D eigenvalue weighted by Gasteiger charge is 2.31. The Labute approximate surface area is 202 Å². The maximum absolute atomic E-state index is 13.1. The Hall–Kier alpha value is -3.23. The molecule has 0 saturated carbocycles. The molecule has 176 valence electrons. The van der Waals surface area contributed by atoms with Gasteiger partial charge in [0.1, 0.15) is 11.6 Å². The number of hydrogen-bond acceptors (Lipinski definition) is 5. The molecule has 0 aromatic heterocycles. The molecule has 9 heteroatoms. The van der Waals surface area contributed by atoms with Crippen molar-refractivity contribution in [2.45, 2.75) is 30.0 Å². The van der Waals surface area contributed by atoms with Gasteiger partial charge in [-0.3, -0.25) is 4.79 Å². The van der Waals surface area contributed by atoms with Gasteiger partial charge in [0.15, 0.2) is 9.84 Å². The standard InChI is InChI=1S/C25H22ClFN2O4S/c1-16(30)29-24(19-7-12-25(33-2)22(26)13-19)14-23(28-29)18-5-3-17(4-6-18)15-34(31,32)21-10-8-20(27)9-11-21/h3-13,24H,14-15H2,1-2H3. The highest BCUT2D eigenvalue weighted by molar-refractivity contribution is 7.90. The molecule has 1 atom stereocenters. The zero-order chi connectivity index (χ0) is 24.5. The van der Waals surface area contributed by atoms with Crippen molar-refractivity contribution >= 4 is 33.1 Å². The zero-order valence-corrected chi connectivity index (χ0v) is 20.1. The van der Waals surface area contributed by atoms with Crippen molar-refractivity contribution in [2.24, 2.45) is 5.10 Å². The summed E-state index contributed by atoms with van der Waals surface area (Å²) in [6, 6.07) is 16.8. The number of sulfone groups is 1. The highest BCUT2D eigenvalue weighted by Crippen LogP contribution is 2.36. The molecule has 34 heavy (non-hydrogen) atoms. The van der Waals surface area contributed by atoms with E-state index in [0.29, 0.717) is 28.5 Å². The lowest BCUT2D eigenvalue weighted by Crippen LogP contribution is -2.24. The molecule has 0 aliphatic carbocycles. The minimum Gasteiger partial charge on any atom is -0.495 e. The maximum atomic E-state index is 13.1. The number of amides is 1. The number of methoxy groups -OCH3 is 1. The number of benzene rings is 3. The van der Waals surface area contributed by atoms with Gasteiger partial charge in [-0.1, -0.05) is 41.9 Å². The van der Waals surface area contributed by atoms with Gasteiger partial charge in [0.05, 0.1) is 34.5 Å². The molecule has 0 spiro atoms. The number of carbonyl (C=O) groups excluding carboxylic acids is 1. The number of carbonyl (C=O) groups is 1. The Kier molecular flexibility index (Phi) is 6.72. The summed E-state index contributed by atoms with van der Waals surface area (Å²) in [4.78, 5) is 12.3. The van der Waals surface area contributed by atoms with Gasteiger partial charge in [-0.05, 0) is 53.1 Å². The van der Waals surface area contributed by atoms with Gasteiger partial charge in [-0.25, -0.2) is 17.8 Å². The molecule has 3 aromatic carbocycles. The number of nitrogens with zero attached hydrogens (tertiary/aromatic N) is 2. The molecule has 1 amide bonds. The van der Waals surface area contributed by atoms with Crippen LogP contribution in [0.2, 0.25) is 5.02 Å². The number of rotatable bonds is 6. The van der Waals surface area contributed by atoms with E-state index in [2.05, 4.69) is 5.10 Å². The Morgan fingerprint density at radius 1 is 1.12 bits per heavy atom. The van der Waals surface area contributed by atoms with Gasteiger partial charge in [0.25, 0.3) is 0 Å². The Bertz CT molecular complexity index is 1360. The van der Waals surface area contributed by atoms with E-state index in [-0.39, 0.29) is 22.6 Å². The van der Waals surface area contributed by atoms with E-state index in [4.69, 9.17) is 16.3 Å². The largest absolute Gasteiger partial charge is 0.495 e. The molecule has 1 aliphatic rings. The summed E-state index contributed by atoms with van der Waals surface area (Å²) >= 11 is 6.28. The molecule has 1 unspecified atom stereocenters. The van der Waals surface area contributed by atoms with Crippen molar-refractivity contribution in [3.05, 3.63) is 94.3 Å². The van der Waals surface area contributed by atoms with Crippen LogP contribution in [0.15, 0.2) is 76.7 Å². The molecule has 0 fully saturated rings. The fourth-order valence-electron chi connectivity index (χ4n) is 3.86. The van der Waals surface area contributed by atoms with Crippen molar-refractivity contribution in [3.8, 4) is 5.75 Å². The first kappa shape index (κ1) is 23.9. The van der Waals surface area contributed by atoms with Crippen molar-refractivity contribution in [1.29, 1.82) is 0 Å². The van der Waals surface area contributed by atoms with Crippen molar-refractivity contribution in [3.63, 3.8) is 0 Å². The average Bonchev–Trinajstić information content (AvgIpc) is 3.25. The fourth-order valence-corrected chi connectivity index (χ4v) is 5.48. The van der Waals surface area contributed by atoms with Crippen LogP contribution < -0.4 is 4.74 Å². The van der Waals surface area contributed by atoms with Crippen LogP contribution in [0.25, 0.3) is 0 Å². The van der Waals surface area contributed by atoms with E-state index in [1.165, 1.54) is 31.2 Å². The second kappa shape index (κ2) is 9.56. The lowest BCUT2D eigenvalue weighted by Gasteiger charge is -2.21. The smallest absolute Gasteiger partial charge is 0.240 e. The van der Waals surface area contributed by atoms with Crippen LogP contribution in [0.1, 0.15) is 36.1 Å². The first-order chi connectivity index (χ1) is 16.2. The molecule has 1 aliphatic heterocycles. The molecule has 4 rings (SSSR count). The molecule has 3 aromatic rings. The van der Waals surface area contributed by atoms with E-state index in [9.17, 15) is 17.6 Å². The second-order valence-corrected chi connectivity index (χ2v) is 10.3. The minimum atomic E-state index is -3.61. The normalized spacial score (nSPS) is 15.8. The second-order valence-electron chi connectivity index (χ2n) is 7.93. The van der Waals surface area contributed by atoms with E-state index in [1.54, 1.807) is 36.4 Å². The van der Waals surface area contributed by atoms with E-state index < -0.39 is 15.7 Å². The van der Waals surface area contributed by atoms with Crippen LogP contribution in [0, 0.1) is 5.82 Å². The lowest BCUT2D eigenvalue weighted by atomic mass is 9.98.